The molecule has 2 aliphatic rings. The average Bonchev–Trinajstić information content (AvgIpc) is 2.97. The molecule has 3 rings (SSSR count). The Morgan fingerprint density at radius 3 is 2.67 bits per heavy atom. The fourth-order valence-electron chi connectivity index (χ4n) is 2.89. The summed E-state index contributed by atoms with van der Waals surface area (Å²) in [5, 5.41) is 9.74. The van der Waals surface area contributed by atoms with Crippen molar-refractivity contribution in [2.45, 2.75) is 31.8 Å². The maximum absolute atomic E-state index is 12.3. The summed E-state index contributed by atoms with van der Waals surface area (Å²) in [6.45, 7) is 3.67. The Kier molecular flexibility index (Phi) is 5.91. The highest BCUT2D eigenvalue weighted by Gasteiger charge is 2.39. The van der Waals surface area contributed by atoms with Gasteiger partial charge in [0.25, 0.3) is 6.47 Å². The molecule has 0 aliphatic carbocycles. The topological polar surface area (TPSA) is 125 Å². The largest absolute Gasteiger partial charge is 0.483 e. The number of aromatic nitrogens is 2. The smallest absolute Gasteiger partial charge is 0.290 e. The highest BCUT2D eigenvalue weighted by atomic mass is 16.5. The number of carbonyl (C=O) groups is 3. The van der Waals surface area contributed by atoms with Crippen LogP contribution in [0.3, 0.4) is 0 Å². The van der Waals surface area contributed by atoms with Crippen LogP contribution in [0.4, 0.5) is 0 Å². The number of aromatic amines is 1. The van der Waals surface area contributed by atoms with Crippen molar-refractivity contribution in [3.05, 3.63) is 17.7 Å². The van der Waals surface area contributed by atoms with Gasteiger partial charge in [0.2, 0.25) is 11.8 Å². The molecule has 2 saturated heterocycles. The number of hydrogen-bond acceptors (Lipinski definition) is 5. The highest BCUT2D eigenvalue weighted by molar-refractivity contribution is 5.79. The third-order valence-corrected chi connectivity index (χ3v) is 4.40. The Balaban J connectivity index is 0.000000647. The van der Waals surface area contributed by atoms with Crippen LogP contribution in [0, 0.1) is 6.92 Å². The molecule has 2 aliphatic heterocycles. The third-order valence-electron chi connectivity index (χ3n) is 4.40. The van der Waals surface area contributed by atoms with Crippen LogP contribution >= 0.6 is 0 Å². The predicted molar refractivity (Wildman–Crippen MR) is 83.2 cm³/mol. The van der Waals surface area contributed by atoms with Crippen LogP contribution < -0.4 is 5.32 Å². The van der Waals surface area contributed by atoms with Gasteiger partial charge in [-0.2, -0.15) is 0 Å². The van der Waals surface area contributed by atoms with Crippen molar-refractivity contribution in [3.8, 4) is 0 Å². The number of aryl methyl sites for hydroxylation is 1. The van der Waals surface area contributed by atoms with Crippen LogP contribution in [0.25, 0.3) is 0 Å². The van der Waals surface area contributed by atoms with Crippen molar-refractivity contribution in [2.75, 3.05) is 26.2 Å². The summed E-state index contributed by atoms with van der Waals surface area (Å²) in [6, 6.07) is 0. The number of likely N-dealkylation sites (tertiary alicyclic amines) is 1. The molecule has 2 amide bonds. The van der Waals surface area contributed by atoms with E-state index in [2.05, 4.69) is 15.3 Å². The van der Waals surface area contributed by atoms with Crippen LogP contribution in [0.5, 0.6) is 0 Å². The van der Waals surface area contributed by atoms with E-state index < -0.39 is 0 Å². The lowest BCUT2D eigenvalue weighted by atomic mass is 9.90. The van der Waals surface area contributed by atoms with Crippen LogP contribution in [0.2, 0.25) is 0 Å². The van der Waals surface area contributed by atoms with Crippen LogP contribution in [0.15, 0.2) is 6.33 Å². The molecule has 0 atom stereocenters. The van der Waals surface area contributed by atoms with Crippen molar-refractivity contribution in [3.63, 3.8) is 0 Å². The van der Waals surface area contributed by atoms with Crippen molar-refractivity contribution in [1.29, 1.82) is 0 Å². The SMILES string of the molecule is Cc1[nH]cnc1CC(=O)N1CCC2(CC1)CNC(=O)CO2.O=CO. The van der Waals surface area contributed by atoms with Gasteiger partial charge in [-0.3, -0.25) is 14.4 Å². The van der Waals surface area contributed by atoms with Gasteiger partial charge < -0.3 is 25.0 Å². The lowest BCUT2D eigenvalue weighted by Crippen LogP contribution is -2.58. The summed E-state index contributed by atoms with van der Waals surface area (Å²) in [6.07, 6.45) is 3.47. The second kappa shape index (κ2) is 7.91. The number of imidazole rings is 1. The maximum Gasteiger partial charge on any atom is 0.290 e. The van der Waals surface area contributed by atoms with Crippen molar-refractivity contribution in [2.24, 2.45) is 0 Å². The van der Waals surface area contributed by atoms with E-state index in [1.165, 1.54) is 0 Å². The van der Waals surface area contributed by atoms with E-state index in [1.807, 2.05) is 11.8 Å². The molecule has 0 bridgehead atoms. The second-order valence-corrected chi connectivity index (χ2v) is 5.89. The van der Waals surface area contributed by atoms with E-state index in [0.29, 0.717) is 26.1 Å². The van der Waals surface area contributed by atoms with Gasteiger partial charge in [0.15, 0.2) is 0 Å². The molecule has 0 unspecified atom stereocenters. The Bertz CT molecular complexity index is 580. The first-order valence-corrected chi connectivity index (χ1v) is 7.75. The average molecular weight is 338 g/mol. The number of amides is 2. The van der Waals surface area contributed by atoms with E-state index in [4.69, 9.17) is 14.6 Å². The zero-order valence-electron chi connectivity index (χ0n) is 13.6. The van der Waals surface area contributed by atoms with E-state index in [1.54, 1.807) is 6.33 Å². The lowest BCUT2D eigenvalue weighted by Gasteiger charge is -2.43. The van der Waals surface area contributed by atoms with Gasteiger partial charge in [-0.05, 0) is 19.8 Å². The van der Waals surface area contributed by atoms with Crippen LogP contribution in [-0.4, -0.2) is 70.1 Å². The minimum atomic E-state index is -0.285. The number of H-pyrrole nitrogens is 1. The quantitative estimate of drug-likeness (QED) is 0.623. The normalized spacial score (nSPS) is 19.2. The van der Waals surface area contributed by atoms with Crippen LogP contribution in [0.1, 0.15) is 24.2 Å². The molecule has 9 heteroatoms. The van der Waals surface area contributed by atoms with Gasteiger partial charge in [0.1, 0.15) is 6.61 Å². The molecule has 2 fully saturated rings. The van der Waals surface area contributed by atoms with Gasteiger partial charge >= 0.3 is 0 Å². The number of ether oxygens (including phenoxy) is 1. The van der Waals surface area contributed by atoms with Crippen molar-refractivity contribution >= 4 is 18.3 Å². The summed E-state index contributed by atoms with van der Waals surface area (Å²) < 4.78 is 5.70. The third kappa shape index (κ3) is 4.31. The Labute approximate surface area is 139 Å². The summed E-state index contributed by atoms with van der Waals surface area (Å²) in [5.41, 5.74) is 1.46. The molecule has 132 valence electrons. The molecule has 0 saturated carbocycles. The Morgan fingerprint density at radius 1 is 1.50 bits per heavy atom. The minimum Gasteiger partial charge on any atom is -0.483 e. The van der Waals surface area contributed by atoms with Gasteiger partial charge in [-0.25, -0.2) is 4.98 Å². The fraction of sp³-hybridized carbons (Fsp3) is 0.600. The number of morpholine rings is 1. The summed E-state index contributed by atoms with van der Waals surface area (Å²) in [4.78, 5) is 40.8. The van der Waals surface area contributed by atoms with Gasteiger partial charge in [-0.15, -0.1) is 0 Å². The standard InChI is InChI=1S/C14H20N4O3.CH2O2/c1-10-11(17-9-16-10)6-13(20)18-4-2-14(3-5-18)8-15-12(19)7-21-14;2-1-3/h9H,2-8H2,1H3,(H,15,19)(H,16,17);1H,(H,2,3). The first-order chi connectivity index (χ1) is 11.5. The number of nitrogens with one attached hydrogen (secondary N) is 2. The zero-order chi connectivity index (χ0) is 17.6. The zero-order valence-corrected chi connectivity index (χ0v) is 13.6. The molecule has 0 radical (unpaired) electrons. The molecule has 9 nitrogen and oxygen atoms in total. The van der Waals surface area contributed by atoms with Gasteiger partial charge in [-0.1, -0.05) is 0 Å². The number of piperidine rings is 1. The van der Waals surface area contributed by atoms with E-state index in [0.717, 1.165) is 24.2 Å². The number of nitrogens with zero attached hydrogens (tertiary/aromatic N) is 2. The molecule has 1 aromatic rings. The van der Waals surface area contributed by atoms with Gasteiger partial charge in [0.05, 0.1) is 24.0 Å². The van der Waals surface area contributed by atoms with E-state index in [9.17, 15) is 9.59 Å². The first kappa shape index (κ1) is 17.9. The summed E-state index contributed by atoms with van der Waals surface area (Å²) in [7, 11) is 0. The molecule has 3 N–H and O–H groups in total. The molecule has 1 aromatic heterocycles. The Hall–Kier alpha value is -2.42. The van der Waals surface area contributed by atoms with E-state index in [-0.39, 0.29) is 30.5 Å². The molecule has 1 spiro atoms. The maximum atomic E-state index is 12.3. The second-order valence-electron chi connectivity index (χ2n) is 5.89. The molecular formula is C15H22N4O5. The molecule has 3 heterocycles. The monoisotopic (exact) mass is 338 g/mol. The lowest BCUT2D eigenvalue weighted by molar-refractivity contribution is -0.154. The number of carbonyl (C=O) groups excluding carboxylic acids is 2. The fourth-order valence-corrected chi connectivity index (χ4v) is 2.89. The number of rotatable bonds is 2. The van der Waals surface area contributed by atoms with E-state index >= 15 is 0 Å². The summed E-state index contributed by atoms with van der Waals surface area (Å²) in [5.74, 6) is 0.0352. The summed E-state index contributed by atoms with van der Waals surface area (Å²) >= 11 is 0. The first-order valence-electron chi connectivity index (χ1n) is 7.75. The van der Waals surface area contributed by atoms with Gasteiger partial charge in [0, 0.05) is 25.3 Å². The Morgan fingerprint density at radius 2 is 2.17 bits per heavy atom. The number of hydrogen-bond donors (Lipinski definition) is 3. The number of carboxylic acid groups (broad SMARTS) is 1. The highest BCUT2D eigenvalue weighted by Crippen LogP contribution is 2.27. The molecular weight excluding hydrogens is 316 g/mol. The molecule has 24 heavy (non-hydrogen) atoms. The minimum absolute atomic E-state index is 0.0619. The van der Waals surface area contributed by atoms with Crippen molar-refractivity contribution in [1.82, 2.24) is 20.2 Å². The van der Waals surface area contributed by atoms with Crippen molar-refractivity contribution < 1.29 is 24.2 Å². The molecule has 0 aromatic carbocycles. The predicted octanol–water partition coefficient (Wildman–Crippen LogP) is -0.531. The van der Waals surface area contributed by atoms with Crippen LogP contribution in [-0.2, 0) is 25.5 Å².